The molecule has 1 aliphatic heterocycles. The highest BCUT2D eigenvalue weighted by atomic mass is 32.2. The quantitative estimate of drug-likeness (QED) is 0.527. The molecule has 0 bridgehead atoms. The Hall–Kier alpha value is -0.800. The van der Waals surface area contributed by atoms with E-state index in [0.29, 0.717) is 25.4 Å². The SMILES string of the molecule is CCO[C@H]1C[C@]23C=C(OS(=O)(=O)C(F)(F)F)CC[C@@]2(C)[C@H](C)CC[C@@H]3O1. The van der Waals surface area contributed by atoms with Gasteiger partial charge in [0.15, 0.2) is 6.29 Å². The Labute approximate surface area is 152 Å². The van der Waals surface area contributed by atoms with Crippen LogP contribution in [0.25, 0.3) is 0 Å². The van der Waals surface area contributed by atoms with Crippen LogP contribution in [-0.4, -0.2) is 32.9 Å². The van der Waals surface area contributed by atoms with Crippen molar-refractivity contribution in [3.8, 4) is 0 Å². The van der Waals surface area contributed by atoms with Crippen LogP contribution in [-0.2, 0) is 23.8 Å². The molecule has 0 amide bonds. The summed E-state index contributed by atoms with van der Waals surface area (Å²) in [6, 6.07) is 0. The maximum Gasteiger partial charge on any atom is 0.534 e. The third-order valence-electron chi connectivity index (χ3n) is 6.57. The normalized spacial score (nSPS) is 40.5. The van der Waals surface area contributed by atoms with Gasteiger partial charge < -0.3 is 13.7 Å². The molecule has 1 saturated heterocycles. The molecule has 150 valence electrons. The summed E-state index contributed by atoms with van der Waals surface area (Å²) in [5.41, 5.74) is -6.23. The summed E-state index contributed by atoms with van der Waals surface area (Å²) in [5, 5.41) is 0. The Morgan fingerprint density at radius 2 is 2.04 bits per heavy atom. The number of hydrogen-bond donors (Lipinski definition) is 0. The van der Waals surface area contributed by atoms with E-state index in [2.05, 4.69) is 18.0 Å². The number of rotatable bonds is 4. The van der Waals surface area contributed by atoms with Gasteiger partial charge in [0.25, 0.3) is 0 Å². The fourth-order valence-electron chi connectivity index (χ4n) is 4.94. The zero-order valence-corrected chi connectivity index (χ0v) is 16.0. The van der Waals surface area contributed by atoms with Gasteiger partial charge in [0, 0.05) is 24.9 Å². The van der Waals surface area contributed by atoms with Gasteiger partial charge in [-0.05, 0) is 43.6 Å². The molecule has 0 aromatic heterocycles. The van der Waals surface area contributed by atoms with Crippen molar-refractivity contribution >= 4 is 10.1 Å². The minimum atomic E-state index is -5.66. The van der Waals surface area contributed by atoms with Gasteiger partial charge >= 0.3 is 15.6 Å². The van der Waals surface area contributed by atoms with Crippen LogP contribution in [0.4, 0.5) is 13.2 Å². The van der Waals surface area contributed by atoms with Crippen molar-refractivity contribution < 1.29 is 35.2 Å². The molecule has 9 heteroatoms. The van der Waals surface area contributed by atoms with E-state index < -0.39 is 27.3 Å². The van der Waals surface area contributed by atoms with Gasteiger partial charge in [-0.3, -0.25) is 0 Å². The molecule has 1 spiro atoms. The van der Waals surface area contributed by atoms with Crippen LogP contribution in [0, 0.1) is 16.7 Å². The minimum absolute atomic E-state index is 0.139. The lowest BCUT2D eigenvalue weighted by Crippen LogP contribution is -2.53. The smallest absolute Gasteiger partial charge is 0.381 e. The molecule has 2 fully saturated rings. The van der Waals surface area contributed by atoms with Gasteiger partial charge in [-0.1, -0.05) is 13.8 Å². The first-order valence-corrected chi connectivity index (χ1v) is 10.4. The summed E-state index contributed by atoms with van der Waals surface area (Å²) >= 11 is 0. The second kappa shape index (κ2) is 6.38. The average Bonchev–Trinajstić information content (AvgIpc) is 2.86. The fourth-order valence-corrected chi connectivity index (χ4v) is 5.45. The third-order valence-corrected chi connectivity index (χ3v) is 7.57. The molecule has 1 heterocycles. The molecule has 0 radical (unpaired) electrons. The molecule has 5 atom stereocenters. The molecule has 0 aromatic rings. The first-order valence-electron chi connectivity index (χ1n) is 8.95. The first-order chi connectivity index (χ1) is 12.0. The molecule has 2 aliphatic carbocycles. The van der Waals surface area contributed by atoms with E-state index in [9.17, 15) is 21.6 Å². The molecule has 0 N–H and O–H groups in total. The molecule has 0 aromatic carbocycles. The van der Waals surface area contributed by atoms with Crippen molar-refractivity contribution in [3.63, 3.8) is 0 Å². The molecule has 0 unspecified atom stereocenters. The van der Waals surface area contributed by atoms with Gasteiger partial charge in [0.2, 0.25) is 0 Å². The molecule has 3 rings (SSSR count). The van der Waals surface area contributed by atoms with Crippen LogP contribution in [0.1, 0.15) is 52.9 Å². The Balaban J connectivity index is 1.99. The molecule has 5 nitrogen and oxygen atoms in total. The van der Waals surface area contributed by atoms with E-state index in [1.54, 1.807) is 6.08 Å². The van der Waals surface area contributed by atoms with Gasteiger partial charge in [-0.2, -0.15) is 21.6 Å². The van der Waals surface area contributed by atoms with Crippen LogP contribution in [0.15, 0.2) is 11.8 Å². The molecule has 26 heavy (non-hydrogen) atoms. The maximum atomic E-state index is 12.7. The van der Waals surface area contributed by atoms with Crippen LogP contribution in [0.2, 0.25) is 0 Å². The van der Waals surface area contributed by atoms with Crippen molar-refractivity contribution in [2.24, 2.45) is 16.7 Å². The zero-order valence-electron chi connectivity index (χ0n) is 15.1. The van der Waals surface area contributed by atoms with E-state index in [-0.39, 0.29) is 23.7 Å². The van der Waals surface area contributed by atoms with Crippen LogP contribution >= 0.6 is 0 Å². The maximum absolute atomic E-state index is 12.7. The van der Waals surface area contributed by atoms with Crippen molar-refractivity contribution in [1.29, 1.82) is 0 Å². The van der Waals surface area contributed by atoms with Crippen LogP contribution < -0.4 is 0 Å². The number of halogens is 3. The number of hydrogen-bond acceptors (Lipinski definition) is 5. The Kier molecular flexibility index (Phi) is 4.89. The standard InChI is InChI=1S/C17H25F3O5S/c1-4-23-14-10-16-9-12(25-26(21,22)17(18,19)20)7-8-15(16,3)11(2)5-6-13(16)24-14/h9,11,13-14H,4-8,10H2,1-3H3/t11-,13+,14-,15+,16+/m1/s1. The highest BCUT2D eigenvalue weighted by Crippen LogP contribution is 2.65. The summed E-state index contributed by atoms with van der Waals surface area (Å²) in [7, 11) is -5.66. The Morgan fingerprint density at radius 3 is 2.65 bits per heavy atom. The predicted molar refractivity (Wildman–Crippen MR) is 87.2 cm³/mol. The zero-order chi connectivity index (χ0) is 19.4. The molecular weight excluding hydrogens is 373 g/mol. The number of ether oxygens (including phenoxy) is 2. The summed E-state index contributed by atoms with van der Waals surface area (Å²) in [6.07, 6.45) is 3.85. The molecule has 1 saturated carbocycles. The summed E-state index contributed by atoms with van der Waals surface area (Å²) in [4.78, 5) is 0. The highest BCUT2D eigenvalue weighted by molar-refractivity contribution is 7.87. The average molecular weight is 398 g/mol. The predicted octanol–water partition coefficient (Wildman–Crippen LogP) is 4.10. The lowest BCUT2D eigenvalue weighted by atomic mass is 9.48. The second-order valence-corrected chi connectivity index (χ2v) is 9.28. The topological polar surface area (TPSA) is 61.8 Å². The monoisotopic (exact) mass is 398 g/mol. The first kappa shape index (κ1) is 19.9. The van der Waals surface area contributed by atoms with Gasteiger partial charge in [-0.25, -0.2) is 0 Å². The van der Waals surface area contributed by atoms with E-state index in [0.717, 1.165) is 12.8 Å². The highest BCUT2D eigenvalue weighted by Gasteiger charge is 2.63. The van der Waals surface area contributed by atoms with E-state index >= 15 is 0 Å². The van der Waals surface area contributed by atoms with Crippen LogP contribution in [0.3, 0.4) is 0 Å². The number of alkyl halides is 3. The minimum Gasteiger partial charge on any atom is -0.381 e. The van der Waals surface area contributed by atoms with E-state index in [1.165, 1.54) is 0 Å². The Bertz CT molecular complexity index is 689. The van der Waals surface area contributed by atoms with Crippen molar-refractivity contribution in [1.82, 2.24) is 0 Å². The Morgan fingerprint density at radius 1 is 1.35 bits per heavy atom. The summed E-state index contributed by atoms with van der Waals surface area (Å²) in [6.45, 7) is 6.58. The van der Waals surface area contributed by atoms with E-state index in [4.69, 9.17) is 9.47 Å². The second-order valence-electron chi connectivity index (χ2n) is 7.74. The molecular formula is C17H25F3O5S. The van der Waals surface area contributed by atoms with Crippen molar-refractivity contribution in [3.05, 3.63) is 11.8 Å². The third kappa shape index (κ3) is 2.96. The largest absolute Gasteiger partial charge is 0.534 e. The fraction of sp³-hybridized carbons (Fsp3) is 0.882. The van der Waals surface area contributed by atoms with Gasteiger partial charge in [-0.15, -0.1) is 0 Å². The van der Waals surface area contributed by atoms with Crippen molar-refractivity contribution in [2.75, 3.05) is 6.61 Å². The lowest BCUT2D eigenvalue weighted by Gasteiger charge is -2.56. The summed E-state index contributed by atoms with van der Waals surface area (Å²) in [5.74, 6) is 0.194. The van der Waals surface area contributed by atoms with Gasteiger partial charge in [0.1, 0.15) is 5.76 Å². The van der Waals surface area contributed by atoms with E-state index in [1.807, 2.05) is 6.92 Å². The van der Waals surface area contributed by atoms with Crippen molar-refractivity contribution in [2.45, 2.75) is 70.8 Å². The lowest BCUT2D eigenvalue weighted by molar-refractivity contribution is -0.147. The van der Waals surface area contributed by atoms with Crippen LogP contribution in [0.5, 0.6) is 0 Å². The number of allylic oxidation sites excluding steroid dienone is 1. The summed E-state index contributed by atoms with van der Waals surface area (Å²) < 4.78 is 77.1. The molecule has 3 aliphatic rings. The van der Waals surface area contributed by atoms with Gasteiger partial charge in [0.05, 0.1) is 6.10 Å².